The van der Waals surface area contributed by atoms with Gasteiger partial charge in [0.05, 0.1) is 0 Å². The quantitative estimate of drug-likeness (QED) is 0.772. The van der Waals surface area contributed by atoms with Gasteiger partial charge in [0, 0.05) is 30.4 Å². The van der Waals surface area contributed by atoms with Crippen LogP contribution >= 0.6 is 0 Å². The molecule has 1 saturated heterocycles. The average molecular weight is 265 g/mol. The van der Waals surface area contributed by atoms with Crippen LogP contribution in [0.2, 0.25) is 0 Å². The second kappa shape index (κ2) is 4.87. The van der Waals surface area contributed by atoms with Crippen molar-refractivity contribution < 1.29 is 14.0 Å². The number of likely N-dealkylation sites (N-methyl/N-ethyl adjacent to an activating group) is 1. The molecule has 1 unspecified atom stereocenters. The zero-order valence-corrected chi connectivity index (χ0v) is 10.9. The van der Waals surface area contributed by atoms with E-state index in [-0.39, 0.29) is 17.2 Å². The smallest absolute Gasteiger partial charge is 0.252 e. The third-order valence-electron chi connectivity index (χ3n) is 3.38. The normalized spacial score (nSPS) is 18.8. The molecule has 0 bridgehead atoms. The van der Waals surface area contributed by atoms with E-state index in [1.54, 1.807) is 18.9 Å². The van der Waals surface area contributed by atoms with Crippen molar-refractivity contribution in [1.29, 1.82) is 0 Å². The molecule has 1 aromatic carbocycles. The lowest BCUT2D eigenvalue weighted by Crippen LogP contribution is -2.40. The van der Waals surface area contributed by atoms with Gasteiger partial charge in [-0.15, -0.1) is 0 Å². The van der Waals surface area contributed by atoms with E-state index in [1.165, 1.54) is 6.07 Å². The fourth-order valence-corrected chi connectivity index (χ4v) is 2.03. The van der Waals surface area contributed by atoms with E-state index in [0.29, 0.717) is 18.5 Å². The lowest BCUT2D eigenvalue weighted by Gasteiger charge is -2.13. The topological polar surface area (TPSA) is 75.4 Å². The number of nitrogens with zero attached hydrogens (tertiary/aromatic N) is 1. The lowest BCUT2D eigenvalue weighted by molar-refractivity contribution is -0.128. The van der Waals surface area contributed by atoms with E-state index in [2.05, 4.69) is 5.32 Å². The zero-order chi connectivity index (χ0) is 14.2. The molecule has 1 fully saturated rings. The zero-order valence-electron chi connectivity index (χ0n) is 10.9. The van der Waals surface area contributed by atoms with Crippen LogP contribution in [0.3, 0.4) is 0 Å². The highest BCUT2D eigenvalue weighted by atomic mass is 19.1. The predicted octanol–water partition coefficient (Wildman–Crippen LogP) is 0.677. The van der Waals surface area contributed by atoms with Gasteiger partial charge in [0.2, 0.25) is 5.91 Å². The molecule has 102 valence electrons. The Kier molecular flexibility index (Phi) is 3.42. The minimum atomic E-state index is -0.539. The van der Waals surface area contributed by atoms with Crippen LogP contribution in [-0.2, 0) is 4.79 Å². The van der Waals surface area contributed by atoms with E-state index < -0.39 is 17.8 Å². The second-order valence-electron chi connectivity index (χ2n) is 4.75. The van der Waals surface area contributed by atoms with Crippen molar-refractivity contribution in [2.24, 2.45) is 0 Å². The van der Waals surface area contributed by atoms with Gasteiger partial charge < -0.3 is 16.0 Å². The van der Waals surface area contributed by atoms with Gasteiger partial charge >= 0.3 is 0 Å². The number of anilines is 1. The van der Waals surface area contributed by atoms with Crippen LogP contribution in [0.25, 0.3) is 0 Å². The molecule has 1 aromatic rings. The first-order chi connectivity index (χ1) is 8.90. The van der Waals surface area contributed by atoms with Crippen molar-refractivity contribution in [2.45, 2.75) is 19.4 Å². The number of benzene rings is 1. The molecule has 0 aliphatic carbocycles. The minimum absolute atomic E-state index is 0.128. The van der Waals surface area contributed by atoms with Gasteiger partial charge in [-0.05, 0) is 25.5 Å². The first kappa shape index (κ1) is 13.3. The third-order valence-corrected chi connectivity index (χ3v) is 3.38. The Hall–Kier alpha value is -2.11. The Balaban J connectivity index is 2.15. The van der Waals surface area contributed by atoms with Gasteiger partial charge in [-0.1, -0.05) is 0 Å². The monoisotopic (exact) mass is 265 g/mol. The summed E-state index contributed by atoms with van der Waals surface area (Å²) in [5.41, 5.74) is 6.28. The SMILES string of the molecule is Cc1c(N)cc(C(=O)NC2CCN(C)C2=O)cc1F. The van der Waals surface area contributed by atoms with Gasteiger partial charge in [-0.25, -0.2) is 4.39 Å². The predicted molar refractivity (Wildman–Crippen MR) is 69.1 cm³/mol. The van der Waals surface area contributed by atoms with E-state index >= 15 is 0 Å². The molecule has 1 heterocycles. The number of nitrogen functional groups attached to an aromatic ring is 1. The highest BCUT2D eigenvalue weighted by Gasteiger charge is 2.30. The largest absolute Gasteiger partial charge is 0.398 e. The maximum absolute atomic E-state index is 13.5. The molecule has 2 amide bonds. The third kappa shape index (κ3) is 2.52. The molecule has 0 radical (unpaired) electrons. The number of carbonyl (C=O) groups excluding carboxylic acids is 2. The number of hydrogen-bond acceptors (Lipinski definition) is 3. The summed E-state index contributed by atoms with van der Waals surface area (Å²) in [7, 11) is 1.68. The number of nitrogens with two attached hydrogens (primary N) is 1. The summed E-state index contributed by atoms with van der Waals surface area (Å²) in [6.07, 6.45) is 0.560. The average Bonchev–Trinajstić information content (AvgIpc) is 2.67. The fourth-order valence-electron chi connectivity index (χ4n) is 2.03. The number of carbonyl (C=O) groups is 2. The standard InChI is InChI=1S/C13H16FN3O2/c1-7-9(14)5-8(6-10(7)15)12(18)16-11-3-4-17(2)13(11)19/h5-6,11H,3-4,15H2,1-2H3,(H,16,18). The number of likely N-dealkylation sites (tertiary alicyclic amines) is 1. The minimum Gasteiger partial charge on any atom is -0.398 e. The molecule has 1 aliphatic rings. The fraction of sp³-hybridized carbons (Fsp3) is 0.385. The van der Waals surface area contributed by atoms with Gasteiger partial charge in [-0.3, -0.25) is 9.59 Å². The van der Waals surface area contributed by atoms with Crippen LogP contribution in [0.15, 0.2) is 12.1 Å². The van der Waals surface area contributed by atoms with Crippen molar-refractivity contribution in [3.05, 3.63) is 29.1 Å². The Morgan fingerprint density at radius 1 is 1.53 bits per heavy atom. The Bertz CT molecular complexity index is 522. The van der Waals surface area contributed by atoms with Crippen molar-refractivity contribution in [3.63, 3.8) is 0 Å². The van der Waals surface area contributed by atoms with Gasteiger partial charge in [-0.2, -0.15) is 0 Å². The molecule has 19 heavy (non-hydrogen) atoms. The summed E-state index contributed by atoms with van der Waals surface area (Å²) < 4.78 is 13.5. The maximum atomic E-state index is 13.5. The Morgan fingerprint density at radius 3 is 2.74 bits per heavy atom. The maximum Gasteiger partial charge on any atom is 0.252 e. The highest BCUT2D eigenvalue weighted by Crippen LogP contribution is 2.18. The first-order valence-corrected chi connectivity index (χ1v) is 6.01. The highest BCUT2D eigenvalue weighted by molar-refractivity contribution is 5.98. The molecule has 0 saturated carbocycles. The van der Waals surface area contributed by atoms with Crippen LogP contribution in [0.4, 0.5) is 10.1 Å². The van der Waals surface area contributed by atoms with Crippen molar-refractivity contribution in [2.75, 3.05) is 19.3 Å². The van der Waals surface area contributed by atoms with Gasteiger partial charge in [0.25, 0.3) is 5.91 Å². The van der Waals surface area contributed by atoms with Crippen LogP contribution in [0.1, 0.15) is 22.3 Å². The Morgan fingerprint density at radius 2 is 2.21 bits per heavy atom. The molecule has 1 aliphatic heterocycles. The first-order valence-electron chi connectivity index (χ1n) is 6.01. The summed E-state index contributed by atoms with van der Waals surface area (Å²) in [5, 5.41) is 2.60. The molecular weight excluding hydrogens is 249 g/mol. The number of hydrogen-bond donors (Lipinski definition) is 2. The van der Waals surface area contributed by atoms with Crippen LogP contribution in [-0.4, -0.2) is 36.3 Å². The Labute approximate surface area is 110 Å². The van der Waals surface area contributed by atoms with Crippen LogP contribution < -0.4 is 11.1 Å². The number of nitrogens with one attached hydrogen (secondary N) is 1. The summed E-state index contributed by atoms with van der Waals surface area (Å²) in [6.45, 7) is 2.15. The van der Waals surface area contributed by atoms with Gasteiger partial charge in [0.1, 0.15) is 11.9 Å². The van der Waals surface area contributed by atoms with Crippen molar-refractivity contribution >= 4 is 17.5 Å². The molecule has 0 spiro atoms. The molecule has 3 N–H and O–H groups in total. The molecule has 1 atom stereocenters. The lowest BCUT2D eigenvalue weighted by atomic mass is 10.1. The second-order valence-corrected chi connectivity index (χ2v) is 4.75. The molecule has 6 heteroatoms. The van der Waals surface area contributed by atoms with E-state index in [0.717, 1.165) is 6.07 Å². The van der Waals surface area contributed by atoms with Crippen LogP contribution in [0, 0.1) is 12.7 Å². The number of amides is 2. The van der Waals surface area contributed by atoms with Crippen molar-refractivity contribution in [3.8, 4) is 0 Å². The molecule has 2 rings (SSSR count). The van der Waals surface area contributed by atoms with E-state index in [1.807, 2.05) is 0 Å². The molecule has 5 nitrogen and oxygen atoms in total. The number of rotatable bonds is 2. The van der Waals surface area contributed by atoms with E-state index in [9.17, 15) is 14.0 Å². The van der Waals surface area contributed by atoms with Gasteiger partial charge in [0.15, 0.2) is 0 Å². The summed E-state index contributed by atoms with van der Waals surface area (Å²) in [6, 6.07) is 2.00. The molecule has 0 aromatic heterocycles. The molecular formula is C13H16FN3O2. The van der Waals surface area contributed by atoms with Crippen molar-refractivity contribution in [1.82, 2.24) is 10.2 Å². The summed E-state index contributed by atoms with van der Waals surface area (Å²) >= 11 is 0. The van der Waals surface area contributed by atoms with Crippen LogP contribution in [0.5, 0.6) is 0 Å². The summed E-state index contributed by atoms with van der Waals surface area (Å²) in [5.74, 6) is -1.15. The number of halogens is 1. The van der Waals surface area contributed by atoms with E-state index in [4.69, 9.17) is 5.73 Å². The summed E-state index contributed by atoms with van der Waals surface area (Å²) in [4.78, 5) is 25.2.